The third-order valence-electron chi connectivity index (χ3n) is 6.68. The van der Waals surface area contributed by atoms with Gasteiger partial charge in [0, 0.05) is 22.4 Å². The van der Waals surface area contributed by atoms with Crippen molar-refractivity contribution in [1.82, 2.24) is 4.90 Å². The highest BCUT2D eigenvalue weighted by molar-refractivity contribution is 8.00. The van der Waals surface area contributed by atoms with Crippen molar-refractivity contribution in [2.24, 2.45) is 11.8 Å². The van der Waals surface area contributed by atoms with Gasteiger partial charge in [0.2, 0.25) is 0 Å². The molecule has 172 valence electrons. The number of imide groups is 1. The molecule has 6 nitrogen and oxygen atoms in total. The molecule has 2 aliphatic rings. The van der Waals surface area contributed by atoms with E-state index in [0.717, 1.165) is 16.0 Å². The van der Waals surface area contributed by atoms with Crippen molar-refractivity contribution in [3.63, 3.8) is 0 Å². The van der Waals surface area contributed by atoms with E-state index in [1.807, 2.05) is 42.5 Å². The molecule has 1 heterocycles. The number of fused-ring (bicyclic) bond motifs is 1. The Balaban J connectivity index is 1.30. The molecule has 3 aromatic carbocycles. The van der Waals surface area contributed by atoms with E-state index in [1.165, 1.54) is 11.0 Å². The van der Waals surface area contributed by atoms with Crippen LogP contribution in [0.1, 0.15) is 33.6 Å². The number of carboxylic acid groups (broad SMARTS) is 1. The minimum Gasteiger partial charge on any atom is -0.481 e. The predicted octanol–water partition coefficient (Wildman–Crippen LogP) is 4.80. The molecule has 0 saturated heterocycles. The third kappa shape index (κ3) is 4.07. The van der Waals surface area contributed by atoms with Crippen LogP contribution in [-0.4, -0.2) is 39.6 Å². The average Bonchev–Trinajstić information content (AvgIpc) is 3.34. The van der Waals surface area contributed by atoms with E-state index in [1.54, 1.807) is 23.9 Å². The smallest absolute Gasteiger partial charge is 0.307 e. The van der Waals surface area contributed by atoms with E-state index in [-0.39, 0.29) is 23.6 Å². The van der Waals surface area contributed by atoms with Crippen molar-refractivity contribution in [3.05, 3.63) is 83.9 Å². The van der Waals surface area contributed by atoms with Gasteiger partial charge in [0.05, 0.1) is 17.0 Å². The molecular formula is C27H24N2O4S. The van der Waals surface area contributed by atoms with E-state index in [9.17, 15) is 19.5 Å². The summed E-state index contributed by atoms with van der Waals surface area (Å²) in [6.07, 6.45) is 1.36. The van der Waals surface area contributed by atoms with Crippen LogP contribution in [0.3, 0.4) is 0 Å². The summed E-state index contributed by atoms with van der Waals surface area (Å²) in [5.74, 6) is -2.60. The van der Waals surface area contributed by atoms with Crippen LogP contribution in [0, 0.1) is 11.8 Å². The van der Waals surface area contributed by atoms with Crippen LogP contribution in [0.15, 0.2) is 77.7 Å². The minimum atomic E-state index is -0.887. The predicted molar refractivity (Wildman–Crippen MR) is 132 cm³/mol. The van der Waals surface area contributed by atoms with E-state index < -0.39 is 17.8 Å². The molecule has 7 heteroatoms. The lowest BCUT2D eigenvalue weighted by atomic mass is 9.95. The fraction of sp³-hybridized carbons (Fsp3) is 0.222. The largest absolute Gasteiger partial charge is 0.481 e. The fourth-order valence-electron chi connectivity index (χ4n) is 4.98. The van der Waals surface area contributed by atoms with Crippen molar-refractivity contribution < 1.29 is 19.5 Å². The van der Waals surface area contributed by atoms with Crippen molar-refractivity contribution >= 4 is 35.2 Å². The van der Waals surface area contributed by atoms with E-state index in [4.69, 9.17) is 5.73 Å². The first-order valence-electron chi connectivity index (χ1n) is 11.2. The topological polar surface area (TPSA) is 101 Å². The number of carboxylic acids is 1. The molecule has 1 fully saturated rings. The molecule has 3 aromatic rings. The van der Waals surface area contributed by atoms with E-state index in [2.05, 4.69) is 12.1 Å². The Labute approximate surface area is 201 Å². The fourth-order valence-corrected chi connectivity index (χ4v) is 6.36. The number of hydrogen-bond acceptors (Lipinski definition) is 5. The average molecular weight is 473 g/mol. The van der Waals surface area contributed by atoms with E-state index in [0.29, 0.717) is 29.7 Å². The standard InChI is InChI=1S/C27H24N2O4S/c28-19-9-12-21-22(14-19)26(31)29(25(21)30)15-18-8-13-23(24(18)27(32)33)34-20-10-6-17(7-11-20)16-4-2-1-3-5-16/h1-7,9-12,14,18,23-24H,8,13,15,28H2,(H,32,33). The van der Waals surface area contributed by atoms with Crippen LogP contribution < -0.4 is 5.73 Å². The maximum Gasteiger partial charge on any atom is 0.307 e. The van der Waals surface area contributed by atoms with Crippen LogP contribution in [0.5, 0.6) is 0 Å². The number of hydrogen-bond donors (Lipinski definition) is 2. The number of carbonyl (C=O) groups excluding carboxylic acids is 2. The lowest BCUT2D eigenvalue weighted by Gasteiger charge is -2.24. The molecule has 1 aliphatic carbocycles. The van der Waals surface area contributed by atoms with Gasteiger partial charge in [-0.25, -0.2) is 0 Å². The lowest BCUT2D eigenvalue weighted by molar-refractivity contribution is -0.142. The summed E-state index contributed by atoms with van der Waals surface area (Å²) in [5.41, 5.74) is 9.05. The summed E-state index contributed by atoms with van der Waals surface area (Å²) in [6.45, 7) is 0.104. The molecule has 3 N–H and O–H groups in total. The lowest BCUT2D eigenvalue weighted by Crippen LogP contribution is -2.38. The zero-order valence-corrected chi connectivity index (χ0v) is 19.2. The molecule has 3 atom stereocenters. The second-order valence-corrected chi connectivity index (χ2v) is 10.1. The number of nitrogens with zero attached hydrogens (tertiary/aromatic N) is 1. The summed E-state index contributed by atoms with van der Waals surface area (Å²) < 4.78 is 0. The highest BCUT2D eigenvalue weighted by Gasteiger charge is 2.45. The van der Waals surface area contributed by atoms with Gasteiger partial charge in [-0.3, -0.25) is 19.3 Å². The molecule has 2 amide bonds. The van der Waals surface area contributed by atoms with Gasteiger partial charge < -0.3 is 10.8 Å². The van der Waals surface area contributed by atoms with Crippen LogP contribution in [0.25, 0.3) is 11.1 Å². The summed E-state index contributed by atoms with van der Waals surface area (Å²) in [5, 5.41) is 9.89. The Morgan fingerprint density at radius 1 is 0.912 bits per heavy atom. The van der Waals surface area contributed by atoms with Gasteiger partial charge in [-0.2, -0.15) is 0 Å². The Morgan fingerprint density at radius 2 is 1.59 bits per heavy atom. The highest BCUT2D eigenvalue weighted by atomic mass is 32.2. The normalized spacial score (nSPS) is 21.6. The van der Waals surface area contributed by atoms with Crippen molar-refractivity contribution in [1.29, 1.82) is 0 Å². The summed E-state index contributed by atoms with van der Waals surface area (Å²) in [6, 6.07) is 22.9. The molecule has 0 bridgehead atoms. The molecule has 3 unspecified atom stereocenters. The van der Waals surface area contributed by atoms with Gasteiger partial charge in [-0.05, 0) is 60.2 Å². The number of nitrogens with two attached hydrogens (primary N) is 1. The Kier molecular flexibility index (Phi) is 5.87. The first-order valence-corrected chi connectivity index (χ1v) is 12.1. The van der Waals surface area contributed by atoms with Crippen molar-refractivity contribution in [2.75, 3.05) is 12.3 Å². The first kappa shape index (κ1) is 22.2. The van der Waals surface area contributed by atoms with Crippen LogP contribution in [-0.2, 0) is 4.79 Å². The van der Waals surface area contributed by atoms with Crippen molar-refractivity contribution in [3.8, 4) is 11.1 Å². The van der Waals surface area contributed by atoms with Crippen LogP contribution in [0.2, 0.25) is 0 Å². The summed E-state index contributed by atoms with van der Waals surface area (Å²) in [7, 11) is 0. The maximum absolute atomic E-state index is 12.8. The minimum absolute atomic E-state index is 0.104. The SMILES string of the molecule is Nc1ccc2c(c1)C(=O)N(CC1CCC(Sc3ccc(-c4ccccc4)cc3)C1C(=O)O)C2=O. The number of carbonyl (C=O) groups is 3. The van der Waals surface area contributed by atoms with Gasteiger partial charge in [-0.15, -0.1) is 11.8 Å². The zero-order valence-electron chi connectivity index (χ0n) is 18.4. The Hall–Kier alpha value is -3.58. The monoisotopic (exact) mass is 472 g/mol. The van der Waals surface area contributed by atoms with Crippen LogP contribution >= 0.6 is 11.8 Å². The zero-order chi connectivity index (χ0) is 23.8. The van der Waals surface area contributed by atoms with Crippen LogP contribution in [0.4, 0.5) is 5.69 Å². The maximum atomic E-state index is 12.8. The Bertz CT molecular complexity index is 1260. The summed E-state index contributed by atoms with van der Waals surface area (Å²) in [4.78, 5) is 40.1. The van der Waals surface area contributed by atoms with E-state index >= 15 is 0 Å². The molecule has 1 aliphatic heterocycles. The number of anilines is 1. The van der Waals surface area contributed by atoms with Gasteiger partial charge in [-0.1, -0.05) is 42.5 Å². The van der Waals surface area contributed by atoms with Gasteiger partial charge in [0.25, 0.3) is 11.8 Å². The van der Waals surface area contributed by atoms with Crippen molar-refractivity contribution in [2.45, 2.75) is 23.0 Å². The molecule has 0 spiro atoms. The van der Waals surface area contributed by atoms with Gasteiger partial charge in [0.15, 0.2) is 0 Å². The number of nitrogen functional groups attached to an aromatic ring is 1. The van der Waals surface area contributed by atoms with Gasteiger partial charge in [0.1, 0.15) is 0 Å². The quantitative estimate of drug-likeness (QED) is 0.395. The molecule has 1 saturated carbocycles. The number of benzene rings is 3. The Morgan fingerprint density at radius 3 is 2.29 bits per heavy atom. The first-order chi connectivity index (χ1) is 16.4. The number of amides is 2. The number of thioether (sulfide) groups is 1. The molecular weight excluding hydrogens is 448 g/mol. The number of aliphatic carboxylic acids is 1. The van der Waals surface area contributed by atoms with Gasteiger partial charge >= 0.3 is 5.97 Å². The molecule has 34 heavy (non-hydrogen) atoms. The molecule has 0 radical (unpaired) electrons. The third-order valence-corrected chi connectivity index (χ3v) is 8.05. The second kappa shape index (κ2) is 8.99. The summed E-state index contributed by atoms with van der Waals surface area (Å²) >= 11 is 1.56. The second-order valence-electron chi connectivity index (χ2n) is 8.77. The number of rotatable bonds is 6. The molecule has 0 aromatic heterocycles. The molecule has 5 rings (SSSR count). The highest BCUT2D eigenvalue weighted by Crippen LogP contribution is 2.44.